The van der Waals surface area contributed by atoms with Crippen LogP contribution in [0.4, 0.5) is 10.2 Å². The van der Waals surface area contributed by atoms with Gasteiger partial charge in [0.1, 0.15) is 17.3 Å². The van der Waals surface area contributed by atoms with E-state index in [9.17, 15) is 9.18 Å². The van der Waals surface area contributed by atoms with Gasteiger partial charge in [0.2, 0.25) is 0 Å². The van der Waals surface area contributed by atoms with Crippen molar-refractivity contribution in [3.8, 4) is 0 Å². The molecule has 0 fully saturated rings. The molecule has 0 aliphatic rings. The fraction of sp³-hybridized carbons (Fsp3) is 0.0556. The van der Waals surface area contributed by atoms with Crippen molar-refractivity contribution in [2.45, 2.75) is 11.4 Å². The molecule has 0 bridgehead atoms. The molecule has 0 spiro atoms. The average Bonchev–Trinajstić information content (AvgIpc) is 3.10. The molecular formula is C18H14Cl2FN3OS. The molecule has 0 aliphatic heterocycles. The number of nitrogens with one attached hydrogen (secondary N) is 3. The number of amides is 1. The van der Waals surface area contributed by atoms with Gasteiger partial charge in [-0.15, -0.1) is 0 Å². The molecule has 0 unspecified atom stereocenters. The van der Waals surface area contributed by atoms with Crippen molar-refractivity contribution < 1.29 is 9.18 Å². The fourth-order valence-corrected chi connectivity index (χ4v) is 3.44. The van der Waals surface area contributed by atoms with Gasteiger partial charge in [0.25, 0.3) is 5.91 Å². The first kappa shape index (κ1) is 18.6. The minimum Gasteiger partial charge on any atom is -0.347 e. The van der Waals surface area contributed by atoms with Crippen molar-refractivity contribution in [3.63, 3.8) is 0 Å². The summed E-state index contributed by atoms with van der Waals surface area (Å²) in [6.07, 6.45) is 0. The molecule has 1 aromatic heterocycles. The number of H-pyrrole nitrogens is 1. The number of carbonyl (C=O) groups is 1. The summed E-state index contributed by atoms with van der Waals surface area (Å²) in [6, 6.07) is 14.6. The molecule has 2 aromatic carbocycles. The molecule has 8 heteroatoms. The predicted octanol–water partition coefficient (Wildman–Crippen LogP) is 5.51. The van der Waals surface area contributed by atoms with Crippen molar-refractivity contribution in [3.05, 3.63) is 81.7 Å². The van der Waals surface area contributed by atoms with Gasteiger partial charge in [-0.25, -0.2) is 4.39 Å². The molecule has 0 saturated heterocycles. The van der Waals surface area contributed by atoms with Crippen LogP contribution in [0.15, 0.2) is 59.5 Å². The van der Waals surface area contributed by atoms with Crippen LogP contribution in [0.25, 0.3) is 0 Å². The Balaban J connectivity index is 1.57. The second-order valence-corrected chi connectivity index (χ2v) is 6.98. The Kier molecular flexibility index (Phi) is 6.08. The zero-order chi connectivity index (χ0) is 18.5. The molecule has 1 heterocycles. The van der Waals surface area contributed by atoms with E-state index >= 15 is 0 Å². The molecule has 134 valence electrons. The molecule has 4 nitrogen and oxygen atoms in total. The Morgan fingerprint density at radius 1 is 1.04 bits per heavy atom. The van der Waals surface area contributed by atoms with E-state index in [1.165, 1.54) is 24.1 Å². The zero-order valence-corrected chi connectivity index (χ0v) is 15.7. The van der Waals surface area contributed by atoms with Crippen LogP contribution in [0.5, 0.6) is 0 Å². The van der Waals surface area contributed by atoms with E-state index in [1.54, 1.807) is 42.5 Å². The van der Waals surface area contributed by atoms with Crippen LogP contribution >= 0.6 is 35.1 Å². The number of rotatable bonds is 6. The van der Waals surface area contributed by atoms with Gasteiger partial charge < -0.3 is 15.0 Å². The Morgan fingerprint density at radius 2 is 1.73 bits per heavy atom. The van der Waals surface area contributed by atoms with Crippen LogP contribution < -0.4 is 10.0 Å². The van der Waals surface area contributed by atoms with E-state index in [4.69, 9.17) is 23.2 Å². The molecule has 0 aliphatic carbocycles. The standard InChI is InChI=1S/C18H14Cl2FN3OS/c19-13-2-1-3-14(20)17(13)26-24-16-9-8-15(23-16)18(25)22-10-11-4-6-12(21)7-5-11/h1-9,23-24H,10H2,(H,22,25). The summed E-state index contributed by atoms with van der Waals surface area (Å²) in [4.78, 5) is 15.9. The molecule has 3 aromatic rings. The summed E-state index contributed by atoms with van der Waals surface area (Å²) in [5.74, 6) is 0.0670. The van der Waals surface area contributed by atoms with E-state index in [1.807, 2.05) is 0 Å². The third-order valence-corrected chi connectivity index (χ3v) is 5.30. The number of anilines is 1. The van der Waals surface area contributed by atoms with Gasteiger partial charge in [-0.2, -0.15) is 0 Å². The Hall–Kier alpha value is -2.15. The number of aromatic nitrogens is 1. The van der Waals surface area contributed by atoms with Crippen molar-refractivity contribution in [1.82, 2.24) is 10.3 Å². The molecule has 3 rings (SSSR count). The van der Waals surface area contributed by atoms with E-state index in [0.29, 0.717) is 33.0 Å². The lowest BCUT2D eigenvalue weighted by atomic mass is 10.2. The Bertz CT molecular complexity index is 895. The SMILES string of the molecule is O=C(NCc1ccc(F)cc1)c1ccc(NSc2c(Cl)cccc2Cl)[nH]1. The van der Waals surface area contributed by atoms with Crippen molar-refractivity contribution in [2.75, 3.05) is 4.72 Å². The van der Waals surface area contributed by atoms with Crippen molar-refractivity contribution >= 4 is 46.9 Å². The monoisotopic (exact) mass is 409 g/mol. The van der Waals surface area contributed by atoms with E-state index in [-0.39, 0.29) is 11.7 Å². The van der Waals surface area contributed by atoms with E-state index < -0.39 is 0 Å². The molecule has 0 atom stereocenters. The van der Waals surface area contributed by atoms with E-state index in [2.05, 4.69) is 15.0 Å². The van der Waals surface area contributed by atoms with Crippen LogP contribution in [0.3, 0.4) is 0 Å². The number of hydrogen-bond donors (Lipinski definition) is 3. The normalized spacial score (nSPS) is 10.6. The third-order valence-electron chi connectivity index (χ3n) is 3.48. The van der Waals surface area contributed by atoms with Gasteiger partial charge in [0.05, 0.1) is 14.9 Å². The highest BCUT2D eigenvalue weighted by molar-refractivity contribution is 8.00. The number of benzene rings is 2. The summed E-state index contributed by atoms with van der Waals surface area (Å²) in [5.41, 5.74) is 1.22. The smallest absolute Gasteiger partial charge is 0.268 e. The fourth-order valence-electron chi connectivity index (χ4n) is 2.15. The largest absolute Gasteiger partial charge is 0.347 e. The number of aromatic amines is 1. The third kappa shape index (κ3) is 4.72. The second kappa shape index (κ2) is 8.49. The predicted molar refractivity (Wildman–Crippen MR) is 104 cm³/mol. The molecule has 1 amide bonds. The van der Waals surface area contributed by atoms with E-state index in [0.717, 1.165) is 5.56 Å². The first-order chi connectivity index (χ1) is 12.5. The molecule has 0 saturated carbocycles. The molecule has 3 N–H and O–H groups in total. The average molecular weight is 410 g/mol. The highest BCUT2D eigenvalue weighted by Gasteiger charge is 2.10. The van der Waals surface area contributed by atoms with Crippen molar-refractivity contribution in [2.24, 2.45) is 0 Å². The first-order valence-corrected chi connectivity index (χ1v) is 9.18. The van der Waals surface area contributed by atoms with Crippen LogP contribution in [0.1, 0.15) is 16.1 Å². The zero-order valence-electron chi connectivity index (χ0n) is 13.4. The van der Waals surface area contributed by atoms with Gasteiger partial charge >= 0.3 is 0 Å². The maximum Gasteiger partial charge on any atom is 0.268 e. The first-order valence-electron chi connectivity index (χ1n) is 7.61. The summed E-state index contributed by atoms with van der Waals surface area (Å²) < 4.78 is 15.9. The van der Waals surface area contributed by atoms with Crippen LogP contribution in [0, 0.1) is 5.82 Å². The quantitative estimate of drug-likeness (QED) is 0.470. The molecule has 26 heavy (non-hydrogen) atoms. The highest BCUT2D eigenvalue weighted by Crippen LogP contribution is 2.34. The lowest BCUT2D eigenvalue weighted by Crippen LogP contribution is -2.23. The van der Waals surface area contributed by atoms with Gasteiger partial charge in [0.15, 0.2) is 0 Å². The van der Waals surface area contributed by atoms with Crippen LogP contribution in [0.2, 0.25) is 10.0 Å². The highest BCUT2D eigenvalue weighted by atomic mass is 35.5. The Labute approximate surface area is 164 Å². The maximum atomic E-state index is 12.9. The lowest BCUT2D eigenvalue weighted by Gasteiger charge is -2.07. The Morgan fingerprint density at radius 3 is 2.42 bits per heavy atom. The van der Waals surface area contributed by atoms with Crippen LogP contribution in [-0.4, -0.2) is 10.9 Å². The minimum absolute atomic E-state index is 0.261. The summed E-state index contributed by atoms with van der Waals surface area (Å²) in [6.45, 7) is 0.310. The number of carbonyl (C=O) groups excluding carboxylic acids is 1. The summed E-state index contributed by atoms with van der Waals surface area (Å²) in [7, 11) is 0. The number of hydrogen-bond acceptors (Lipinski definition) is 3. The van der Waals surface area contributed by atoms with Gasteiger partial charge in [-0.3, -0.25) is 4.79 Å². The van der Waals surface area contributed by atoms with Crippen molar-refractivity contribution in [1.29, 1.82) is 0 Å². The van der Waals surface area contributed by atoms with Crippen LogP contribution in [-0.2, 0) is 6.54 Å². The molecule has 0 radical (unpaired) electrons. The summed E-state index contributed by atoms with van der Waals surface area (Å²) >= 11 is 13.5. The maximum absolute atomic E-state index is 12.9. The van der Waals surface area contributed by atoms with Gasteiger partial charge in [-0.1, -0.05) is 41.4 Å². The lowest BCUT2D eigenvalue weighted by molar-refractivity contribution is 0.0946. The number of halogens is 3. The second-order valence-electron chi connectivity index (χ2n) is 5.35. The molecular weight excluding hydrogens is 396 g/mol. The minimum atomic E-state index is -0.309. The van der Waals surface area contributed by atoms with Gasteiger partial charge in [-0.05, 0) is 53.9 Å². The van der Waals surface area contributed by atoms with Gasteiger partial charge in [0, 0.05) is 6.54 Å². The topological polar surface area (TPSA) is 56.9 Å². The summed E-state index contributed by atoms with van der Waals surface area (Å²) in [5, 5.41) is 3.85.